The van der Waals surface area contributed by atoms with Crippen molar-refractivity contribution in [1.82, 2.24) is 45.1 Å². The number of nitrogens with two attached hydrogens (primary N) is 1. The van der Waals surface area contributed by atoms with E-state index in [1.165, 1.54) is 20.3 Å². The molecule has 2 aromatic carbocycles. The van der Waals surface area contributed by atoms with E-state index in [1.54, 1.807) is 30.3 Å². The Morgan fingerprint density at radius 1 is 0.642 bits per heavy atom. The Bertz CT molecular complexity index is 3020. The second-order valence-electron chi connectivity index (χ2n) is 20.0. The average molecular weight is 1210 g/mol. The SMILES string of the molecule is COc1cc(C(=O)NC2CCN(C)CC2)ccc1Nc1ncc(C(F)(F)F)c(O[C@@H]2CCC[C@H]2N)n1.COc1cc(C(=O)NC2CCN(C)CC2)ccc1Nc1ncc(C(F)(F)F)c(O[C@@H]2CCC[C@H]2NS(C)(=O)=O)n1.CS(=O)(=O)Cl. The minimum atomic E-state index is -4.80. The Balaban J connectivity index is 0.000000242. The van der Waals surface area contributed by atoms with Gasteiger partial charge < -0.3 is 55.7 Å². The number of sulfonamides is 1. The summed E-state index contributed by atoms with van der Waals surface area (Å²) in [5.74, 6) is -1.49. The lowest BCUT2D eigenvalue weighted by Crippen LogP contribution is -2.43. The molecule has 31 heteroatoms. The summed E-state index contributed by atoms with van der Waals surface area (Å²) < 4.78 is 148. The van der Waals surface area contributed by atoms with Crippen molar-refractivity contribution in [3.8, 4) is 23.3 Å². The Labute approximate surface area is 470 Å². The van der Waals surface area contributed by atoms with Crippen LogP contribution in [0.15, 0.2) is 48.8 Å². The number of likely N-dealkylation sites (tertiary alicyclic amines) is 2. The molecule has 0 unspecified atom stereocenters. The van der Waals surface area contributed by atoms with Gasteiger partial charge in [0.2, 0.25) is 42.7 Å². The summed E-state index contributed by atoms with van der Waals surface area (Å²) >= 11 is 0. The Morgan fingerprint density at radius 2 is 1.04 bits per heavy atom. The smallest absolute Gasteiger partial charge is 0.423 e. The Morgan fingerprint density at radius 3 is 1.41 bits per heavy atom. The topological polar surface area (TPSA) is 284 Å². The van der Waals surface area contributed by atoms with Crippen molar-refractivity contribution in [3.05, 3.63) is 71.0 Å². The first kappa shape index (κ1) is 64.1. The van der Waals surface area contributed by atoms with E-state index < -0.39 is 72.6 Å². The molecular formula is C50H67ClF6N12O10S2. The molecule has 22 nitrogen and oxygen atoms in total. The monoisotopic (exact) mass is 1210 g/mol. The number of amides is 2. The van der Waals surface area contributed by atoms with E-state index in [2.05, 4.69) is 66.4 Å². The van der Waals surface area contributed by atoms with Crippen LogP contribution in [0.3, 0.4) is 0 Å². The van der Waals surface area contributed by atoms with Gasteiger partial charge in [-0.1, -0.05) is 0 Å². The van der Waals surface area contributed by atoms with Crippen LogP contribution in [0, 0.1) is 0 Å². The van der Waals surface area contributed by atoms with Gasteiger partial charge in [-0.2, -0.15) is 36.3 Å². The van der Waals surface area contributed by atoms with Gasteiger partial charge in [-0.05, 0) is 141 Å². The highest BCUT2D eigenvalue weighted by atomic mass is 35.7. The summed E-state index contributed by atoms with van der Waals surface area (Å²) in [6, 6.07) is 8.53. The molecule has 4 aliphatic rings. The molecule has 448 valence electrons. The maximum atomic E-state index is 13.7. The van der Waals surface area contributed by atoms with Crippen LogP contribution in [0.4, 0.5) is 49.6 Å². The number of halogens is 7. The fraction of sp³-hybridized carbons (Fsp3) is 0.560. The molecule has 0 spiro atoms. The number of nitrogens with one attached hydrogen (secondary N) is 5. The van der Waals surface area contributed by atoms with E-state index in [1.807, 2.05) is 14.1 Å². The molecule has 81 heavy (non-hydrogen) atoms. The first-order valence-corrected chi connectivity index (χ1v) is 30.3. The van der Waals surface area contributed by atoms with Crippen LogP contribution in [0.5, 0.6) is 23.3 Å². The molecule has 8 rings (SSSR count). The number of piperidine rings is 2. The number of hydrogen-bond acceptors (Lipinski definition) is 19. The Hall–Kier alpha value is -6.05. The quantitative estimate of drug-likeness (QED) is 0.0520. The number of anilines is 4. The van der Waals surface area contributed by atoms with Gasteiger partial charge in [0.15, 0.2) is 0 Å². The van der Waals surface area contributed by atoms with Gasteiger partial charge in [0.05, 0.1) is 44.1 Å². The summed E-state index contributed by atoms with van der Waals surface area (Å²) in [7, 11) is 4.63. The van der Waals surface area contributed by atoms with E-state index >= 15 is 0 Å². The average Bonchev–Trinajstić information content (AvgIpc) is 4.06. The molecule has 7 N–H and O–H groups in total. The zero-order valence-electron chi connectivity index (χ0n) is 45.3. The summed E-state index contributed by atoms with van der Waals surface area (Å²) in [5.41, 5.74) is 5.20. The van der Waals surface area contributed by atoms with E-state index in [-0.39, 0.29) is 47.6 Å². The van der Waals surface area contributed by atoms with Gasteiger partial charge in [0.1, 0.15) is 34.8 Å². The fourth-order valence-corrected chi connectivity index (χ4v) is 10.1. The van der Waals surface area contributed by atoms with Gasteiger partial charge in [0, 0.05) is 52.3 Å². The van der Waals surface area contributed by atoms with E-state index in [0.29, 0.717) is 72.7 Å². The number of alkyl halides is 6. The number of aromatic nitrogens is 4. The maximum absolute atomic E-state index is 13.7. The van der Waals surface area contributed by atoms with Crippen molar-refractivity contribution in [2.75, 3.05) is 77.6 Å². The number of rotatable bonds is 16. The molecular weight excluding hydrogens is 1140 g/mol. The first-order valence-electron chi connectivity index (χ1n) is 25.7. The van der Waals surface area contributed by atoms with Gasteiger partial charge in [-0.15, -0.1) is 0 Å². The highest BCUT2D eigenvalue weighted by Crippen LogP contribution is 2.40. The lowest BCUT2D eigenvalue weighted by Gasteiger charge is -2.29. The number of ether oxygens (including phenoxy) is 4. The first-order chi connectivity index (χ1) is 38.0. The van der Waals surface area contributed by atoms with Crippen LogP contribution in [-0.2, 0) is 31.4 Å². The summed E-state index contributed by atoms with van der Waals surface area (Å²) in [5, 5.41) is 11.8. The molecule has 4 aromatic rings. The van der Waals surface area contributed by atoms with Gasteiger partial charge in [-0.3, -0.25) is 9.59 Å². The number of carbonyl (C=O) groups is 2. The van der Waals surface area contributed by atoms with Crippen LogP contribution >= 0.6 is 10.7 Å². The van der Waals surface area contributed by atoms with E-state index in [9.17, 15) is 52.8 Å². The normalized spacial score (nSPS) is 20.4. The lowest BCUT2D eigenvalue weighted by molar-refractivity contribution is -0.140. The third-order valence-electron chi connectivity index (χ3n) is 13.5. The minimum absolute atomic E-state index is 0.0681. The molecule has 2 saturated heterocycles. The van der Waals surface area contributed by atoms with Crippen molar-refractivity contribution < 1.29 is 71.7 Å². The predicted molar refractivity (Wildman–Crippen MR) is 290 cm³/mol. The van der Waals surface area contributed by atoms with Crippen molar-refractivity contribution >= 4 is 64.8 Å². The van der Waals surface area contributed by atoms with Crippen molar-refractivity contribution in [2.45, 2.75) is 113 Å². The summed E-state index contributed by atoms with van der Waals surface area (Å²) in [6.07, 6.45) is -0.875. The highest BCUT2D eigenvalue weighted by Gasteiger charge is 2.40. The van der Waals surface area contributed by atoms with Crippen LogP contribution in [0.25, 0.3) is 0 Å². The van der Waals surface area contributed by atoms with Crippen molar-refractivity contribution in [3.63, 3.8) is 0 Å². The number of hydrogen-bond donors (Lipinski definition) is 6. The second-order valence-corrected chi connectivity index (χ2v) is 24.8. The van der Waals surface area contributed by atoms with Gasteiger partial charge in [-0.25, -0.2) is 31.5 Å². The minimum Gasteiger partial charge on any atom is -0.495 e. The van der Waals surface area contributed by atoms with Crippen molar-refractivity contribution in [1.29, 1.82) is 0 Å². The second kappa shape index (κ2) is 27.8. The molecule has 4 heterocycles. The summed E-state index contributed by atoms with van der Waals surface area (Å²) in [6.45, 7) is 3.63. The number of carbonyl (C=O) groups excluding carboxylic acids is 2. The van der Waals surface area contributed by atoms with Crippen LogP contribution in [0.1, 0.15) is 96.1 Å². The zero-order valence-corrected chi connectivity index (χ0v) is 47.7. The molecule has 0 radical (unpaired) electrons. The van der Waals surface area contributed by atoms with E-state index in [0.717, 1.165) is 70.8 Å². The third kappa shape index (κ3) is 19.8. The largest absolute Gasteiger partial charge is 0.495 e. The molecule has 0 bridgehead atoms. The van der Waals surface area contributed by atoms with Crippen LogP contribution < -0.4 is 50.7 Å². The molecule has 2 amide bonds. The van der Waals surface area contributed by atoms with Crippen LogP contribution in [-0.4, -0.2) is 162 Å². The van der Waals surface area contributed by atoms with Crippen LogP contribution in [0.2, 0.25) is 0 Å². The predicted octanol–water partition coefficient (Wildman–Crippen LogP) is 6.44. The molecule has 2 aromatic heterocycles. The molecule has 2 aliphatic heterocycles. The van der Waals surface area contributed by atoms with Gasteiger partial charge >= 0.3 is 12.4 Å². The van der Waals surface area contributed by atoms with Gasteiger partial charge in [0.25, 0.3) is 11.8 Å². The zero-order chi connectivity index (χ0) is 59.5. The highest BCUT2D eigenvalue weighted by molar-refractivity contribution is 8.13. The molecule has 2 saturated carbocycles. The van der Waals surface area contributed by atoms with E-state index in [4.69, 9.17) is 24.7 Å². The summed E-state index contributed by atoms with van der Waals surface area (Å²) in [4.78, 5) is 45.5. The molecule has 4 atom stereocenters. The van der Waals surface area contributed by atoms with Crippen molar-refractivity contribution in [2.24, 2.45) is 5.73 Å². The number of nitrogens with zero attached hydrogens (tertiary/aromatic N) is 6. The molecule has 2 aliphatic carbocycles. The number of benzene rings is 2. The molecule has 4 fully saturated rings. The third-order valence-corrected chi connectivity index (χ3v) is 14.2. The Kier molecular flexibility index (Phi) is 22.0. The standard InChI is InChI=1S/C25H33F3N6O5S.C24H31F3N6O3.CH3ClO2S/c1-34-11-9-16(10-12-34)30-22(35)15-7-8-18(21(13-15)38-2)31-24-29-14-17(25(26,27)28)23(32-24)39-20-6-4-5-19(20)33-40(3,36)37;1-33-10-8-15(9-11-33)30-21(34)14-6-7-18(20(12-14)35-2)31-23-29-13-16(24(25,26)27)22(32-23)36-19-5-3-4-17(19)28;1-5(2,3)4/h7-8,13-14,16,19-20,33H,4-6,9-12H2,1-3H3,(H,30,35)(H,29,31,32);6-7,12-13,15,17,19H,3-5,8-11,28H2,1-2H3,(H,30,34)(H,29,31,32);1H3/t19-,20-;17-,19-;/m11./s1. The lowest BCUT2D eigenvalue weighted by atomic mass is 10.0. The maximum Gasteiger partial charge on any atom is 0.423 e. The number of methoxy groups -OCH3 is 2. The fourth-order valence-electron chi connectivity index (χ4n) is 9.24.